The second-order valence-corrected chi connectivity index (χ2v) is 6.07. The first kappa shape index (κ1) is 16.6. The van der Waals surface area contributed by atoms with Crippen molar-refractivity contribution in [2.75, 3.05) is 19.8 Å². The molecule has 0 aliphatic carbocycles. The highest BCUT2D eigenvalue weighted by Gasteiger charge is 2.33. The van der Waals surface area contributed by atoms with Crippen molar-refractivity contribution in [3.8, 4) is 0 Å². The van der Waals surface area contributed by atoms with E-state index in [1.807, 2.05) is 38.8 Å². The van der Waals surface area contributed by atoms with Gasteiger partial charge in [-0.1, -0.05) is 5.21 Å². The first-order valence-corrected chi connectivity index (χ1v) is 8.35. The maximum atomic E-state index is 13.0. The van der Waals surface area contributed by atoms with Gasteiger partial charge >= 0.3 is 0 Å². The fourth-order valence-electron chi connectivity index (χ4n) is 3.28. The molecule has 0 aromatic carbocycles. The summed E-state index contributed by atoms with van der Waals surface area (Å²) in [7, 11) is 1.89. The number of nitrogens with zero attached hydrogens (tertiary/aromatic N) is 6. The molecule has 3 rings (SSSR count). The molecule has 8 heteroatoms. The molecular formula is C16H24N6O2. The lowest BCUT2D eigenvalue weighted by molar-refractivity contribution is 0.0633. The number of aromatic nitrogens is 5. The maximum Gasteiger partial charge on any atom is 0.272 e. The Bertz CT molecular complexity index is 735. The molecule has 1 aliphatic heterocycles. The van der Waals surface area contributed by atoms with E-state index in [2.05, 4.69) is 15.4 Å². The Kier molecular flexibility index (Phi) is 4.66. The van der Waals surface area contributed by atoms with Gasteiger partial charge in [-0.15, -0.1) is 5.10 Å². The minimum atomic E-state index is -0.0183. The Morgan fingerprint density at radius 2 is 2.21 bits per heavy atom. The van der Waals surface area contributed by atoms with Crippen LogP contribution in [0.25, 0.3) is 0 Å². The van der Waals surface area contributed by atoms with Crippen LogP contribution in [0.4, 0.5) is 0 Å². The van der Waals surface area contributed by atoms with Crippen molar-refractivity contribution in [3.63, 3.8) is 0 Å². The van der Waals surface area contributed by atoms with Gasteiger partial charge in [-0.2, -0.15) is 5.10 Å². The monoisotopic (exact) mass is 332 g/mol. The zero-order valence-corrected chi connectivity index (χ0v) is 14.7. The van der Waals surface area contributed by atoms with Gasteiger partial charge < -0.3 is 9.64 Å². The third kappa shape index (κ3) is 2.93. The molecule has 2 aromatic rings. The predicted molar refractivity (Wildman–Crippen MR) is 87.6 cm³/mol. The number of rotatable bonds is 5. The number of carbonyl (C=O) groups is 1. The molecule has 8 nitrogen and oxygen atoms in total. The lowest BCUT2D eigenvalue weighted by atomic mass is 9.98. The summed E-state index contributed by atoms with van der Waals surface area (Å²) in [6.45, 7) is 8.79. The summed E-state index contributed by atoms with van der Waals surface area (Å²) in [5, 5.41) is 12.7. The summed E-state index contributed by atoms with van der Waals surface area (Å²) in [6.07, 6.45) is 0. The molecule has 1 amide bonds. The molecule has 1 aliphatic rings. The Balaban J connectivity index is 1.88. The van der Waals surface area contributed by atoms with E-state index in [0.717, 1.165) is 17.1 Å². The van der Waals surface area contributed by atoms with Gasteiger partial charge in [0.15, 0.2) is 0 Å². The molecule has 0 fully saturated rings. The van der Waals surface area contributed by atoms with Gasteiger partial charge in [0.1, 0.15) is 11.4 Å². The van der Waals surface area contributed by atoms with E-state index in [1.165, 1.54) is 0 Å². The van der Waals surface area contributed by atoms with E-state index >= 15 is 0 Å². The second-order valence-electron chi connectivity index (χ2n) is 6.07. The fraction of sp³-hybridized carbons (Fsp3) is 0.625. The van der Waals surface area contributed by atoms with Gasteiger partial charge in [0.2, 0.25) is 0 Å². The molecule has 24 heavy (non-hydrogen) atoms. The first-order chi connectivity index (χ1) is 11.5. The lowest BCUT2D eigenvalue weighted by Gasteiger charge is -2.32. The molecule has 0 saturated carbocycles. The zero-order valence-electron chi connectivity index (χ0n) is 14.7. The van der Waals surface area contributed by atoms with Crippen LogP contribution in [-0.2, 0) is 24.9 Å². The van der Waals surface area contributed by atoms with Crippen molar-refractivity contribution in [1.29, 1.82) is 0 Å². The van der Waals surface area contributed by atoms with Crippen LogP contribution >= 0.6 is 0 Å². The van der Waals surface area contributed by atoms with Crippen molar-refractivity contribution in [1.82, 2.24) is 29.7 Å². The average Bonchev–Trinajstić information content (AvgIpc) is 3.14. The quantitative estimate of drug-likeness (QED) is 0.820. The summed E-state index contributed by atoms with van der Waals surface area (Å²) >= 11 is 0. The van der Waals surface area contributed by atoms with Crippen molar-refractivity contribution in [3.05, 3.63) is 28.8 Å². The normalized spacial score (nSPS) is 17.2. The summed E-state index contributed by atoms with van der Waals surface area (Å²) in [6, 6.07) is 1.84. The number of ether oxygens (including phenoxy) is 1. The molecule has 0 spiro atoms. The largest absolute Gasteiger partial charge is 0.381 e. The average molecular weight is 332 g/mol. The molecular weight excluding hydrogens is 308 g/mol. The van der Waals surface area contributed by atoms with Crippen LogP contribution in [0.5, 0.6) is 0 Å². The van der Waals surface area contributed by atoms with Gasteiger partial charge in [0.25, 0.3) is 5.91 Å². The Morgan fingerprint density at radius 3 is 2.92 bits per heavy atom. The number of hydrogen-bond donors (Lipinski definition) is 0. The van der Waals surface area contributed by atoms with Gasteiger partial charge in [-0.05, 0) is 26.8 Å². The second kappa shape index (κ2) is 6.72. The van der Waals surface area contributed by atoms with Crippen LogP contribution in [0.3, 0.4) is 0 Å². The molecule has 0 bridgehead atoms. The molecule has 1 unspecified atom stereocenters. The highest BCUT2D eigenvalue weighted by atomic mass is 16.5. The van der Waals surface area contributed by atoms with Crippen LogP contribution in [0.1, 0.15) is 47.3 Å². The van der Waals surface area contributed by atoms with Crippen LogP contribution in [0.2, 0.25) is 0 Å². The molecule has 1 atom stereocenters. The number of aryl methyl sites for hydroxylation is 3. The van der Waals surface area contributed by atoms with Gasteiger partial charge in [0, 0.05) is 32.7 Å². The number of carbonyl (C=O) groups excluding carboxylic acids is 1. The van der Waals surface area contributed by atoms with E-state index < -0.39 is 0 Å². The van der Waals surface area contributed by atoms with Crippen LogP contribution in [0.15, 0.2) is 6.07 Å². The van der Waals surface area contributed by atoms with E-state index in [-0.39, 0.29) is 11.8 Å². The van der Waals surface area contributed by atoms with Crippen LogP contribution in [0, 0.1) is 6.92 Å². The minimum Gasteiger partial charge on any atom is -0.381 e. The highest BCUT2D eigenvalue weighted by Crippen LogP contribution is 2.28. The standard InChI is InChI=1S/C16H24N6O2/c1-5-22-14(7-11(3)18-22)16(23)21-8-12(10-24-6-2)15-13(9-21)17-19-20(15)4/h7,12H,5-6,8-10H2,1-4H3. The summed E-state index contributed by atoms with van der Waals surface area (Å²) in [5.74, 6) is 0.0620. The maximum absolute atomic E-state index is 13.0. The molecule has 0 N–H and O–H groups in total. The summed E-state index contributed by atoms with van der Waals surface area (Å²) in [4.78, 5) is 14.8. The van der Waals surface area contributed by atoms with E-state index in [1.54, 1.807) is 9.36 Å². The number of fused-ring (bicyclic) bond motifs is 1. The topological polar surface area (TPSA) is 78.1 Å². The first-order valence-electron chi connectivity index (χ1n) is 8.35. The van der Waals surface area contributed by atoms with Crippen molar-refractivity contribution < 1.29 is 9.53 Å². The molecule has 0 radical (unpaired) electrons. The molecule has 3 heterocycles. The summed E-state index contributed by atoms with van der Waals surface area (Å²) < 4.78 is 9.16. The van der Waals surface area contributed by atoms with Crippen molar-refractivity contribution in [2.45, 2.75) is 39.8 Å². The fourth-order valence-corrected chi connectivity index (χ4v) is 3.28. The van der Waals surface area contributed by atoms with Crippen LogP contribution in [-0.4, -0.2) is 55.3 Å². The number of hydrogen-bond acceptors (Lipinski definition) is 5. The van der Waals surface area contributed by atoms with E-state index in [9.17, 15) is 4.79 Å². The van der Waals surface area contributed by atoms with E-state index in [4.69, 9.17) is 4.74 Å². The number of amides is 1. The third-order valence-electron chi connectivity index (χ3n) is 4.34. The molecule has 2 aromatic heterocycles. The minimum absolute atomic E-state index is 0.0183. The van der Waals surface area contributed by atoms with Crippen LogP contribution < -0.4 is 0 Å². The zero-order chi connectivity index (χ0) is 17.3. The molecule has 0 saturated heterocycles. The Hall–Kier alpha value is -2.22. The van der Waals surface area contributed by atoms with Crippen molar-refractivity contribution >= 4 is 5.91 Å². The third-order valence-corrected chi connectivity index (χ3v) is 4.34. The Morgan fingerprint density at radius 1 is 1.42 bits per heavy atom. The lowest BCUT2D eigenvalue weighted by Crippen LogP contribution is -2.41. The van der Waals surface area contributed by atoms with E-state index in [0.29, 0.717) is 38.5 Å². The van der Waals surface area contributed by atoms with Crippen molar-refractivity contribution in [2.24, 2.45) is 7.05 Å². The highest BCUT2D eigenvalue weighted by molar-refractivity contribution is 5.92. The summed E-state index contributed by atoms with van der Waals surface area (Å²) in [5.41, 5.74) is 3.38. The van der Waals surface area contributed by atoms with Gasteiger partial charge in [-0.3, -0.25) is 14.2 Å². The SMILES string of the molecule is CCOCC1CN(C(=O)c2cc(C)nn2CC)Cc2nnn(C)c21. The Labute approximate surface area is 141 Å². The smallest absolute Gasteiger partial charge is 0.272 e. The van der Waals surface area contributed by atoms with Gasteiger partial charge in [-0.25, -0.2) is 0 Å². The van der Waals surface area contributed by atoms with Gasteiger partial charge in [0.05, 0.1) is 24.5 Å². The molecule has 130 valence electrons. The predicted octanol–water partition coefficient (Wildman–Crippen LogP) is 1.12.